The van der Waals surface area contributed by atoms with Gasteiger partial charge in [0.1, 0.15) is 23.5 Å². The number of allylic oxidation sites excluding steroid dienone is 1. The minimum atomic E-state index is -0.567. The summed E-state index contributed by atoms with van der Waals surface area (Å²) in [5, 5.41) is 9.01. The van der Waals surface area contributed by atoms with E-state index in [9.17, 15) is 14.0 Å². The molecule has 3 atom stereocenters. The van der Waals surface area contributed by atoms with E-state index in [-0.39, 0.29) is 29.8 Å². The van der Waals surface area contributed by atoms with Crippen molar-refractivity contribution in [1.82, 2.24) is 25.4 Å². The molecule has 4 heterocycles. The third-order valence-electron chi connectivity index (χ3n) is 5.93. The molecule has 0 radical (unpaired) electrons. The van der Waals surface area contributed by atoms with Gasteiger partial charge in [0.05, 0.1) is 17.9 Å². The Morgan fingerprint density at radius 3 is 2.80 bits per heavy atom. The standard InChI is InChI=1S/C21H27FN6O2/c1-12(2)13(3)24-20(29)16-5-6-17-19(25-16)28(15-8-9-27(17)11-15)21(30)26-18-7-4-14(22)10-23-18/h4-7,10,12-13,15-16,25H,8-9,11H2,1-3H3,(H,24,29)(H,23,26,30)/t13-,15?,16?/m1/s1. The number of aromatic nitrogens is 1. The number of anilines is 1. The molecular weight excluding hydrogens is 387 g/mol. The Hall–Kier alpha value is -3.10. The number of dihydropyridines is 1. The van der Waals surface area contributed by atoms with Crippen molar-refractivity contribution in [1.29, 1.82) is 0 Å². The second-order valence-electron chi connectivity index (χ2n) is 8.31. The Balaban J connectivity index is 1.54. The van der Waals surface area contributed by atoms with Gasteiger partial charge in [-0.05, 0) is 37.5 Å². The number of urea groups is 1. The quantitative estimate of drug-likeness (QED) is 0.701. The van der Waals surface area contributed by atoms with Gasteiger partial charge in [-0.1, -0.05) is 19.9 Å². The highest BCUT2D eigenvalue weighted by Gasteiger charge is 2.42. The van der Waals surface area contributed by atoms with Crippen molar-refractivity contribution >= 4 is 17.8 Å². The molecule has 8 nitrogen and oxygen atoms in total. The molecule has 30 heavy (non-hydrogen) atoms. The van der Waals surface area contributed by atoms with Gasteiger partial charge in [0, 0.05) is 19.1 Å². The predicted octanol–water partition coefficient (Wildman–Crippen LogP) is 2.00. The van der Waals surface area contributed by atoms with Crippen LogP contribution < -0.4 is 16.0 Å². The maximum absolute atomic E-state index is 13.1. The first-order chi connectivity index (χ1) is 14.3. The van der Waals surface area contributed by atoms with Gasteiger partial charge in [0.25, 0.3) is 0 Å². The number of halogens is 1. The smallest absolute Gasteiger partial charge is 0.328 e. The lowest BCUT2D eigenvalue weighted by molar-refractivity contribution is -0.122. The summed E-state index contributed by atoms with van der Waals surface area (Å²) in [5.41, 5.74) is 0.895. The number of fused-ring (bicyclic) bond motifs is 3. The first-order valence-corrected chi connectivity index (χ1v) is 10.3. The monoisotopic (exact) mass is 414 g/mol. The fourth-order valence-corrected chi connectivity index (χ4v) is 3.86. The van der Waals surface area contributed by atoms with E-state index >= 15 is 0 Å². The Labute approximate surface area is 175 Å². The molecule has 3 amide bonds. The summed E-state index contributed by atoms with van der Waals surface area (Å²) in [6, 6.07) is 1.78. The Kier molecular flexibility index (Phi) is 5.36. The van der Waals surface area contributed by atoms with Gasteiger partial charge in [-0.3, -0.25) is 15.0 Å². The Morgan fingerprint density at radius 1 is 1.30 bits per heavy atom. The number of pyridine rings is 1. The third-order valence-corrected chi connectivity index (χ3v) is 5.93. The van der Waals surface area contributed by atoms with Crippen LogP contribution in [0.5, 0.6) is 0 Å². The van der Waals surface area contributed by atoms with Gasteiger partial charge in [-0.15, -0.1) is 0 Å². The number of hydrogen-bond donors (Lipinski definition) is 3. The van der Waals surface area contributed by atoms with Crippen LogP contribution in [0.4, 0.5) is 15.0 Å². The molecule has 0 saturated carbocycles. The van der Waals surface area contributed by atoms with Crippen molar-refractivity contribution in [2.75, 3.05) is 18.4 Å². The summed E-state index contributed by atoms with van der Waals surface area (Å²) in [4.78, 5) is 33.6. The lowest BCUT2D eigenvalue weighted by atomic mass is 10.0. The van der Waals surface area contributed by atoms with Gasteiger partial charge in [0.15, 0.2) is 0 Å². The average Bonchev–Trinajstić information content (AvgIpc) is 3.13. The highest BCUT2D eigenvalue weighted by Crippen LogP contribution is 2.33. The Morgan fingerprint density at radius 2 is 2.10 bits per heavy atom. The molecular formula is C21H27FN6O2. The molecule has 3 aliphatic rings. The van der Waals surface area contributed by atoms with Crippen LogP contribution in [-0.2, 0) is 4.79 Å². The van der Waals surface area contributed by atoms with Crippen molar-refractivity contribution in [3.8, 4) is 0 Å². The fourth-order valence-electron chi connectivity index (χ4n) is 3.86. The van der Waals surface area contributed by atoms with Crippen LogP contribution in [0.25, 0.3) is 0 Å². The van der Waals surface area contributed by atoms with Crippen LogP contribution >= 0.6 is 0 Å². The van der Waals surface area contributed by atoms with E-state index in [1.165, 1.54) is 12.1 Å². The van der Waals surface area contributed by atoms with E-state index in [4.69, 9.17) is 0 Å². The van der Waals surface area contributed by atoms with E-state index in [0.717, 1.165) is 31.4 Å². The average molecular weight is 414 g/mol. The van der Waals surface area contributed by atoms with Crippen LogP contribution in [0.1, 0.15) is 27.2 Å². The molecule has 1 aromatic rings. The van der Waals surface area contributed by atoms with Crippen LogP contribution in [-0.4, -0.2) is 57.9 Å². The number of carbonyl (C=O) groups excluding carboxylic acids is 2. The van der Waals surface area contributed by atoms with Gasteiger partial charge < -0.3 is 15.5 Å². The highest BCUT2D eigenvalue weighted by atomic mass is 19.1. The second kappa shape index (κ2) is 7.97. The molecule has 3 N–H and O–H groups in total. The Bertz CT molecular complexity index is 897. The van der Waals surface area contributed by atoms with Gasteiger partial charge >= 0.3 is 6.03 Å². The van der Waals surface area contributed by atoms with E-state index in [1.807, 2.05) is 19.1 Å². The van der Waals surface area contributed by atoms with Crippen LogP contribution in [0.2, 0.25) is 0 Å². The minimum absolute atomic E-state index is 0.0125. The fraction of sp³-hybridized carbons (Fsp3) is 0.476. The van der Waals surface area contributed by atoms with Crippen LogP contribution in [0.15, 0.2) is 42.0 Å². The zero-order valence-corrected chi connectivity index (χ0v) is 17.4. The molecule has 9 heteroatoms. The normalized spacial score (nSPS) is 23.2. The number of nitrogens with one attached hydrogen (secondary N) is 3. The lowest BCUT2D eigenvalue weighted by Crippen LogP contribution is -2.56. The maximum Gasteiger partial charge on any atom is 0.328 e. The summed E-state index contributed by atoms with van der Waals surface area (Å²) < 4.78 is 13.1. The summed E-state index contributed by atoms with van der Waals surface area (Å²) in [7, 11) is 0. The topological polar surface area (TPSA) is 89.6 Å². The lowest BCUT2D eigenvalue weighted by Gasteiger charge is -2.41. The highest BCUT2D eigenvalue weighted by molar-refractivity contribution is 5.91. The SMILES string of the molecule is CC(C)[C@@H](C)NC(=O)C1C=CC2=C(N1)N(C(=O)Nc1ccc(F)cn1)C1CCN2C1. The molecule has 0 aliphatic carbocycles. The van der Waals surface area contributed by atoms with E-state index < -0.39 is 11.9 Å². The van der Waals surface area contributed by atoms with Crippen molar-refractivity contribution in [3.63, 3.8) is 0 Å². The molecule has 1 fully saturated rings. The first-order valence-electron chi connectivity index (χ1n) is 10.3. The largest absolute Gasteiger partial charge is 0.366 e. The van der Waals surface area contributed by atoms with Crippen LogP contribution in [0.3, 0.4) is 0 Å². The predicted molar refractivity (Wildman–Crippen MR) is 111 cm³/mol. The molecule has 4 rings (SSSR count). The molecule has 1 aromatic heterocycles. The number of nitrogens with zero attached hydrogens (tertiary/aromatic N) is 3. The van der Waals surface area contributed by atoms with Crippen LogP contribution in [0, 0.1) is 11.7 Å². The van der Waals surface area contributed by atoms with E-state index in [0.29, 0.717) is 11.7 Å². The van der Waals surface area contributed by atoms with Gasteiger partial charge in [0.2, 0.25) is 5.91 Å². The first kappa shape index (κ1) is 20.2. The van der Waals surface area contributed by atoms with E-state index in [2.05, 4.69) is 39.7 Å². The minimum Gasteiger partial charge on any atom is -0.366 e. The zero-order chi connectivity index (χ0) is 21.4. The molecule has 2 bridgehead atoms. The molecule has 160 valence electrons. The van der Waals surface area contributed by atoms with Crippen molar-refractivity contribution < 1.29 is 14.0 Å². The number of hydrogen-bond acceptors (Lipinski definition) is 5. The van der Waals surface area contributed by atoms with Crippen molar-refractivity contribution in [2.24, 2.45) is 5.92 Å². The number of amides is 3. The molecule has 0 spiro atoms. The van der Waals surface area contributed by atoms with E-state index in [1.54, 1.807) is 4.90 Å². The summed E-state index contributed by atoms with van der Waals surface area (Å²) in [5.74, 6) is 0.607. The zero-order valence-electron chi connectivity index (χ0n) is 17.4. The molecule has 2 unspecified atom stereocenters. The number of rotatable bonds is 4. The van der Waals surface area contributed by atoms with Gasteiger partial charge in [-0.2, -0.15) is 0 Å². The molecule has 0 aromatic carbocycles. The third kappa shape index (κ3) is 3.83. The summed E-state index contributed by atoms with van der Waals surface area (Å²) in [6.07, 6.45) is 5.63. The summed E-state index contributed by atoms with van der Waals surface area (Å²) in [6.45, 7) is 7.66. The molecule has 1 saturated heterocycles. The van der Waals surface area contributed by atoms with Gasteiger partial charge in [-0.25, -0.2) is 14.2 Å². The second-order valence-corrected chi connectivity index (χ2v) is 8.31. The maximum atomic E-state index is 13.1. The van der Waals surface area contributed by atoms with Crippen molar-refractivity contribution in [3.05, 3.63) is 47.8 Å². The van der Waals surface area contributed by atoms with Crippen molar-refractivity contribution in [2.45, 2.75) is 45.3 Å². The summed E-state index contributed by atoms with van der Waals surface area (Å²) >= 11 is 0. The molecule has 3 aliphatic heterocycles. The number of carbonyl (C=O) groups is 2.